The van der Waals surface area contributed by atoms with Gasteiger partial charge in [0.15, 0.2) is 11.4 Å². The Morgan fingerprint density at radius 1 is 1.24 bits per heavy atom. The van der Waals surface area contributed by atoms with E-state index >= 15 is 0 Å². The monoisotopic (exact) mass is 443 g/mol. The molecule has 0 aliphatic heterocycles. The summed E-state index contributed by atoms with van der Waals surface area (Å²) in [5, 5.41) is 0.629. The van der Waals surface area contributed by atoms with Crippen LogP contribution in [0.5, 0.6) is 0 Å². The second-order valence-electron chi connectivity index (χ2n) is 5.91. The molecule has 0 amide bonds. The van der Waals surface area contributed by atoms with Gasteiger partial charge in [-0.1, -0.05) is 23.2 Å². The summed E-state index contributed by atoms with van der Waals surface area (Å²) in [5.41, 5.74) is -1.34. The molecular weight excluding hydrogens is 430 g/mol. The van der Waals surface area contributed by atoms with Gasteiger partial charge in [-0.3, -0.25) is 4.98 Å². The Morgan fingerprint density at radius 3 is 2.62 bits per heavy atom. The molecule has 0 atom stereocenters. The molecule has 1 aromatic carbocycles. The fraction of sp³-hybridized carbons (Fsp3) is 0.211. The Hall–Kier alpha value is -2.58. The molecule has 0 aliphatic carbocycles. The van der Waals surface area contributed by atoms with Crippen LogP contribution in [0.4, 0.5) is 13.2 Å². The molecule has 0 radical (unpaired) electrons. The maximum atomic E-state index is 13.7. The molecule has 0 N–H and O–H groups in total. The van der Waals surface area contributed by atoms with Crippen LogP contribution in [-0.4, -0.2) is 27.1 Å². The number of carbonyl (C=O) groups is 1. The number of hydrogen-bond donors (Lipinski definition) is 0. The highest BCUT2D eigenvalue weighted by Crippen LogP contribution is 2.36. The van der Waals surface area contributed by atoms with Gasteiger partial charge in [-0.05, 0) is 42.8 Å². The van der Waals surface area contributed by atoms with E-state index in [0.717, 1.165) is 4.57 Å². The first-order chi connectivity index (χ1) is 13.7. The summed E-state index contributed by atoms with van der Waals surface area (Å²) >= 11 is 12.2. The molecule has 5 nitrogen and oxygen atoms in total. The molecule has 0 aliphatic rings. The van der Waals surface area contributed by atoms with Crippen molar-refractivity contribution in [1.82, 2.24) is 14.5 Å². The number of aromatic nitrogens is 3. The Morgan fingerprint density at radius 2 is 2.00 bits per heavy atom. The molecule has 0 saturated carbocycles. The van der Waals surface area contributed by atoms with Gasteiger partial charge in [0.1, 0.15) is 5.82 Å². The minimum Gasteiger partial charge on any atom is -0.461 e. The zero-order valence-corrected chi connectivity index (χ0v) is 16.5. The molecule has 2 aromatic heterocycles. The lowest BCUT2D eigenvalue weighted by Crippen LogP contribution is -2.19. The van der Waals surface area contributed by atoms with Crippen molar-refractivity contribution in [2.45, 2.75) is 19.6 Å². The largest absolute Gasteiger partial charge is 0.461 e. The van der Waals surface area contributed by atoms with Gasteiger partial charge in [0.25, 0.3) is 0 Å². The highest BCUT2D eigenvalue weighted by Gasteiger charge is 2.42. The molecule has 29 heavy (non-hydrogen) atoms. The summed E-state index contributed by atoms with van der Waals surface area (Å²) < 4.78 is 47.1. The van der Waals surface area contributed by atoms with Gasteiger partial charge in [-0.2, -0.15) is 13.2 Å². The maximum absolute atomic E-state index is 13.7. The molecule has 0 unspecified atom stereocenters. The van der Waals surface area contributed by atoms with Gasteiger partial charge >= 0.3 is 12.1 Å². The van der Waals surface area contributed by atoms with E-state index in [9.17, 15) is 18.0 Å². The van der Waals surface area contributed by atoms with Gasteiger partial charge in [-0.25, -0.2) is 9.78 Å². The fourth-order valence-electron chi connectivity index (χ4n) is 2.76. The second-order valence-corrected chi connectivity index (χ2v) is 6.76. The smallest absolute Gasteiger partial charge is 0.435 e. The van der Waals surface area contributed by atoms with Gasteiger partial charge < -0.3 is 9.30 Å². The van der Waals surface area contributed by atoms with Crippen LogP contribution in [0.1, 0.15) is 28.7 Å². The number of halogens is 5. The van der Waals surface area contributed by atoms with Crippen LogP contribution < -0.4 is 0 Å². The van der Waals surface area contributed by atoms with E-state index in [1.165, 1.54) is 31.5 Å². The molecule has 0 bridgehead atoms. The first-order valence-corrected chi connectivity index (χ1v) is 9.17. The van der Waals surface area contributed by atoms with Crippen molar-refractivity contribution in [1.29, 1.82) is 0 Å². The predicted octanol–water partition coefficient (Wildman–Crippen LogP) is 5.50. The third-order valence-electron chi connectivity index (χ3n) is 3.96. The highest BCUT2D eigenvalue weighted by atomic mass is 35.5. The highest BCUT2D eigenvalue weighted by molar-refractivity contribution is 6.33. The number of carbonyl (C=O) groups excluding carboxylic acids is 1. The van der Waals surface area contributed by atoms with Crippen LogP contribution in [0.25, 0.3) is 11.4 Å². The summed E-state index contributed by atoms with van der Waals surface area (Å²) in [6.07, 6.45) is -2.04. The Bertz CT molecular complexity index is 1040. The Labute approximate surface area is 174 Å². The SMILES string of the molecule is CCOC(=O)c1c(C(F)(F)F)nc(-c2cccnc2)n1Cc1cc(Cl)ccc1Cl. The first kappa shape index (κ1) is 21.1. The molecule has 3 aromatic rings. The first-order valence-electron chi connectivity index (χ1n) is 8.41. The van der Waals surface area contributed by atoms with Crippen molar-refractivity contribution >= 4 is 29.2 Å². The molecule has 152 valence electrons. The van der Waals surface area contributed by atoms with E-state index < -0.39 is 23.5 Å². The third kappa shape index (κ3) is 4.54. The Kier molecular flexibility index (Phi) is 6.14. The minimum atomic E-state index is -4.87. The second kappa shape index (κ2) is 8.42. The molecular formula is C19H14Cl2F3N3O2. The lowest BCUT2D eigenvalue weighted by Gasteiger charge is -2.14. The van der Waals surface area contributed by atoms with Crippen molar-refractivity contribution in [3.05, 3.63) is 69.7 Å². The van der Waals surface area contributed by atoms with Crippen molar-refractivity contribution < 1.29 is 22.7 Å². The zero-order valence-electron chi connectivity index (χ0n) is 15.0. The van der Waals surface area contributed by atoms with Crippen LogP contribution in [0.15, 0.2) is 42.7 Å². The molecule has 10 heteroatoms. The maximum Gasteiger partial charge on any atom is 0.435 e. The number of nitrogens with zero attached hydrogens (tertiary/aromatic N) is 3. The third-order valence-corrected chi connectivity index (χ3v) is 4.56. The number of alkyl halides is 3. The number of ether oxygens (including phenoxy) is 1. The van der Waals surface area contributed by atoms with E-state index in [4.69, 9.17) is 27.9 Å². The Balaban J connectivity index is 2.28. The van der Waals surface area contributed by atoms with E-state index in [-0.39, 0.29) is 24.0 Å². The van der Waals surface area contributed by atoms with Crippen molar-refractivity contribution in [3.63, 3.8) is 0 Å². The average molecular weight is 444 g/mol. The van der Waals surface area contributed by atoms with Gasteiger partial charge in [0.05, 0.1) is 13.2 Å². The quantitative estimate of drug-likeness (QED) is 0.488. The van der Waals surface area contributed by atoms with Gasteiger partial charge in [0, 0.05) is 28.0 Å². The average Bonchev–Trinajstić information content (AvgIpc) is 3.05. The van der Waals surface area contributed by atoms with E-state index in [0.29, 0.717) is 16.1 Å². The number of benzene rings is 1. The lowest BCUT2D eigenvalue weighted by molar-refractivity contribution is -0.141. The normalized spacial score (nSPS) is 11.5. The van der Waals surface area contributed by atoms with Gasteiger partial charge in [0.2, 0.25) is 0 Å². The number of hydrogen-bond acceptors (Lipinski definition) is 4. The van der Waals surface area contributed by atoms with Crippen molar-refractivity contribution in [3.8, 4) is 11.4 Å². The molecule has 0 spiro atoms. The summed E-state index contributed by atoms with van der Waals surface area (Å²) in [6.45, 7) is 1.23. The molecule has 3 rings (SSSR count). The minimum absolute atomic E-state index is 0.0930. The number of esters is 1. The molecule has 0 fully saturated rings. The van der Waals surface area contributed by atoms with Crippen LogP contribution in [0.2, 0.25) is 10.0 Å². The summed E-state index contributed by atoms with van der Waals surface area (Å²) in [5.74, 6) is -1.23. The zero-order chi connectivity index (χ0) is 21.2. The standard InChI is InChI=1S/C19H14Cl2F3N3O2/c1-2-29-18(28)15-16(19(22,23)24)26-17(11-4-3-7-25-9-11)27(15)10-12-8-13(20)5-6-14(12)21/h3-9H,2,10H2,1H3. The van der Waals surface area contributed by atoms with Gasteiger partial charge in [-0.15, -0.1) is 0 Å². The summed E-state index contributed by atoms with van der Waals surface area (Å²) in [4.78, 5) is 20.1. The van der Waals surface area contributed by atoms with E-state index in [2.05, 4.69) is 9.97 Å². The topological polar surface area (TPSA) is 57.0 Å². The van der Waals surface area contributed by atoms with E-state index in [1.807, 2.05) is 0 Å². The molecule has 0 saturated heterocycles. The lowest BCUT2D eigenvalue weighted by atomic mass is 10.2. The van der Waals surface area contributed by atoms with E-state index in [1.54, 1.807) is 18.2 Å². The number of pyridine rings is 1. The summed E-state index contributed by atoms with van der Waals surface area (Å²) in [6, 6.07) is 7.68. The fourth-order valence-corrected chi connectivity index (χ4v) is 3.13. The predicted molar refractivity (Wildman–Crippen MR) is 102 cm³/mol. The van der Waals surface area contributed by atoms with Crippen molar-refractivity contribution in [2.24, 2.45) is 0 Å². The van der Waals surface area contributed by atoms with Crippen LogP contribution in [0, 0.1) is 0 Å². The summed E-state index contributed by atoms with van der Waals surface area (Å²) in [7, 11) is 0. The molecule has 2 heterocycles. The van der Waals surface area contributed by atoms with Crippen LogP contribution in [0.3, 0.4) is 0 Å². The van der Waals surface area contributed by atoms with Crippen LogP contribution in [-0.2, 0) is 17.5 Å². The van der Waals surface area contributed by atoms with Crippen LogP contribution >= 0.6 is 23.2 Å². The number of imidazole rings is 1. The van der Waals surface area contributed by atoms with Crippen molar-refractivity contribution in [2.75, 3.05) is 6.61 Å². The number of rotatable bonds is 5.